The summed E-state index contributed by atoms with van der Waals surface area (Å²) >= 11 is 0. The van der Waals surface area contributed by atoms with Gasteiger partial charge in [-0.3, -0.25) is 4.90 Å². The van der Waals surface area contributed by atoms with Crippen molar-refractivity contribution in [2.24, 2.45) is 18.0 Å². The molecule has 0 bridgehead atoms. The first-order valence-corrected chi connectivity index (χ1v) is 11.8. The number of aliphatic imine (C=N–C) groups is 1. The Morgan fingerprint density at radius 3 is 2.76 bits per heavy atom. The van der Waals surface area contributed by atoms with Crippen LogP contribution in [-0.2, 0) is 18.3 Å². The van der Waals surface area contributed by atoms with Gasteiger partial charge in [-0.15, -0.1) is 34.2 Å². The zero-order valence-corrected chi connectivity index (χ0v) is 22.4. The summed E-state index contributed by atoms with van der Waals surface area (Å²) < 4.78 is 9.70. The molecule has 4 rings (SSSR count). The van der Waals surface area contributed by atoms with Gasteiger partial charge in [0.15, 0.2) is 11.8 Å². The highest BCUT2D eigenvalue weighted by molar-refractivity contribution is 14.0. The third kappa shape index (κ3) is 6.89. The summed E-state index contributed by atoms with van der Waals surface area (Å²) in [6.07, 6.45) is 8.07. The number of morpholine rings is 1. The molecule has 1 N–H and O–H groups in total. The van der Waals surface area contributed by atoms with E-state index in [1.54, 1.807) is 0 Å². The van der Waals surface area contributed by atoms with Gasteiger partial charge >= 0.3 is 0 Å². The summed E-state index contributed by atoms with van der Waals surface area (Å²) in [4.78, 5) is 14.1. The number of halogens is 1. The number of aryl methyl sites for hydroxylation is 1. The average Bonchev–Trinajstić information content (AvgIpc) is 3.46. The van der Waals surface area contributed by atoms with Gasteiger partial charge in [-0.05, 0) is 32.2 Å². The van der Waals surface area contributed by atoms with Gasteiger partial charge in [0.1, 0.15) is 12.4 Å². The van der Waals surface area contributed by atoms with Crippen molar-refractivity contribution in [3.63, 3.8) is 0 Å². The zero-order chi connectivity index (χ0) is 22.3. The van der Waals surface area contributed by atoms with E-state index in [1.165, 1.54) is 0 Å². The Morgan fingerprint density at radius 1 is 1.24 bits per heavy atom. The van der Waals surface area contributed by atoms with Crippen LogP contribution in [0.1, 0.15) is 37.5 Å². The van der Waals surface area contributed by atoms with Gasteiger partial charge in [0.2, 0.25) is 0 Å². The second-order valence-corrected chi connectivity index (χ2v) is 8.89. The molecule has 2 atom stereocenters. The predicted octanol–water partition coefficient (Wildman–Crippen LogP) is 1.69. The molecule has 2 aliphatic rings. The Balaban J connectivity index is 0.00000306. The Bertz CT molecular complexity index is 863. The number of imidazole rings is 1. The molecule has 2 fully saturated rings. The Labute approximate surface area is 213 Å². The molecule has 0 amide bonds. The van der Waals surface area contributed by atoms with Gasteiger partial charge in [-0.2, -0.15) is 0 Å². The van der Waals surface area contributed by atoms with Crippen molar-refractivity contribution in [2.75, 3.05) is 52.5 Å². The largest absolute Gasteiger partial charge is 0.379 e. The van der Waals surface area contributed by atoms with Crippen LogP contribution in [-0.4, -0.2) is 92.6 Å². The summed E-state index contributed by atoms with van der Waals surface area (Å²) in [5, 5.41) is 12.1. The fourth-order valence-corrected chi connectivity index (χ4v) is 4.42. The van der Waals surface area contributed by atoms with Crippen LogP contribution in [0.5, 0.6) is 0 Å². The number of hydrogen-bond donors (Lipinski definition) is 1. The fourth-order valence-electron chi connectivity index (χ4n) is 4.42. The van der Waals surface area contributed by atoms with E-state index in [2.05, 4.69) is 48.0 Å². The fraction of sp³-hybridized carbons (Fsp3) is 0.727. The van der Waals surface area contributed by atoms with E-state index in [9.17, 15) is 0 Å². The van der Waals surface area contributed by atoms with Crippen molar-refractivity contribution in [1.29, 1.82) is 0 Å². The third-order valence-electron chi connectivity index (χ3n) is 6.72. The smallest absolute Gasteiger partial charge is 0.194 e. The van der Waals surface area contributed by atoms with Crippen molar-refractivity contribution < 1.29 is 4.74 Å². The third-order valence-corrected chi connectivity index (χ3v) is 6.72. The predicted molar refractivity (Wildman–Crippen MR) is 139 cm³/mol. The molecule has 0 aliphatic carbocycles. The molecule has 33 heavy (non-hydrogen) atoms. The van der Waals surface area contributed by atoms with Crippen molar-refractivity contribution in [3.05, 3.63) is 30.4 Å². The van der Waals surface area contributed by atoms with E-state index >= 15 is 0 Å². The molecule has 4 heterocycles. The van der Waals surface area contributed by atoms with E-state index in [-0.39, 0.29) is 24.0 Å². The number of nitrogens with zero attached hydrogens (tertiary/aromatic N) is 8. The van der Waals surface area contributed by atoms with Gasteiger partial charge in [0.25, 0.3) is 0 Å². The molecule has 2 aliphatic heterocycles. The molecule has 184 valence electrons. The molecular weight excluding hydrogens is 533 g/mol. The maximum Gasteiger partial charge on any atom is 0.194 e. The average molecular weight is 572 g/mol. The molecule has 0 aromatic carbocycles. The van der Waals surface area contributed by atoms with Crippen LogP contribution in [0, 0.1) is 12.8 Å². The highest BCUT2D eigenvalue weighted by Crippen LogP contribution is 2.27. The summed E-state index contributed by atoms with van der Waals surface area (Å²) in [5.74, 6) is 3.35. The zero-order valence-electron chi connectivity index (χ0n) is 20.1. The van der Waals surface area contributed by atoms with Crippen LogP contribution in [0.25, 0.3) is 0 Å². The van der Waals surface area contributed by atoms with Crippen molar-refractivity contribution >= 4 is 29.9 Å². The lowest BCUT2D eigenvalue weighted by atomic mass is 9.93. The molecule has 0 radical (unpaired) electrons. The first-order valence-electron chi connectivity index (χ1n) is 11.8. The van der Waals surface area contributed by atoms with E-state index < -0.39 is 0 Å². The number of aromatic nitrogens is 5. The van der Waals surface area contributed by atoms with Crippen LogP contribution in [0.3, 0.4) is 0 Å². The second-order valence-electron chi connectivity index (χ2n) is 8.89. The molecular formula is C22H38IN9O. The van der Waals surface area contributed by atoms with E-state index in [1.807, 2.05) is 31.1 Å². The molecule has 11 heteroatoms. The SMILES string of the molecule is Cc1nnc(CN=C(NCCCN2CCOCC2)N2CCC(C)C(n3ccnc3)C2)n1C.I. The maximum absolute atomic E-state index is 5.46. The van der Waals surface area contributed by atoms with E-state index in [4.69, 9.17) is 9.73 Å². The minimum absolute atomic E-state index is 0. The summed E-state index contributed by atoms with van der Waals surface area (Å²) in [5.41, 5.74) is 0. The van der Waals surface area contributed by atoms with Crippen LogP contribution >= 0.6 is 24.0 Å². The Morgan fingerprint density at radius 2 is 2.06 bits per heavy atom. The summed E-state index contributed by atoms with van der Waals surface area (Å²) in [6, 6.07) is 0.392. The van der Waals surface area contributed by atoms with Crippen LogP contribution in [0.15, 0.2) is 23.7 Å². The highest BCUT2D eigenvalue weighted by Gasteiger charge is 2.29. The lowest BCUT2D eigenvalue weighted by molar-refractivity contribution is 0.0375. The number of rotatable bonds is 7. The summed E-state index contributed by atoms with van der Waals surface area (Å²) in [7, 11) is 1.99. The minimum Gasteiger partial charge on any atom is -0.379 e. The molecule has 10 nitrogen and oxygen atoms in total. The minimum atomic E-state index is 0. The maximum atomic E-state index is 5.46. The van der Waals surface area contributed by atoms with Gasteiger partial charge in [-0.1, -0.05) is 6.92 Å². The molecule has 2 aromatic heterocycles. The normalized spacial score (nSPS) is 22.3. The van der Waals surface area contributed by atoms with E-state index in [0.717, 1.165) is 82.9 Å². The number of nitrogens with one attached hydrogen (secondary N) is 1. The summed E-state index contributed by atoms with van der Waals surface area (Å²) in [6.45, 7) is 12.5. The first kappa shape index (κ1) is 25.9. The number of likely N-dealkylation sites (tertiary alicyclic amines) is 1. The Hall–Kier alpha value is -1.73. The number of ether oxygens (including phenoxy) is 1. The molecule has 0 saturated carbocycles. The number of guanidine groups is 1. The standard InChI is InChI=1S/C22H37N9O.HI/c1-18-5-9-30(16-20(18)31-10-7-23-17-31)22(25-15-21-27-26-19(2)28(21)3)24-6-4-8-29-11-13-32-14-12-29;/h7,10,17-18,20H,4-6,8-9,11-16H2,1-3H3,(H,24,25);1H. The number of hydrogen-bond acceptors (Lipinski definition) is 6. The second kappa shape index (κ2) is 12.7. The van der Waals surface area contributed by atoms with Gasteiger partial charge in [0.05, 0.1) is 25.6 Å². The lowest BCUT2D eigenvalue weighted by Gasteiger charge is -2.39. The van der Waals surface area contributed by atoms with E-state index in [0.29, 0.717) is 18.5 Å². The lowest BCUT2D eigenvalue weighted by Crippen LogP contribution is -2.49. The van der Waals surface area contributed by atoms with Crippen molar-refractivity contribution in [2.45, 2.75) is 39.3 Å². The van der Waals surface area contributed by atoms with Crippen LogP contribution in [0.4, 0.5) is 0 Å². The number of piperidine rings is 1. The molecule has 2 saturated heterocycles. The topological polar surface area (TPSA) is 88.6 Å². The van der Waals surface area contributed by atoms with Gasteiger partial charge in [0, 0.05) is 52.2 Å². The molecule has 2 aromatic rings. The Kier molecular flexibility index (Phi) is 9.93. The van der Waals surface area contributed by atoms with Gasteiger partial charge < -0.3 is 24.1 Å². The molecule has 0 spiro atoms. The van der Waals surface area contributed by atoms with Crippen molar-refractivity contribution in [3.8, 4) is 0 Å². The quantitative estimate of drug-likeness (QED) is 0.234. The molecule has 2 unspecified atom stereocenters. The van der Waals surface area contributed by atoms with Crippen LogP contribution < -0.4 is 5.32 Å². The van der Waals surface area contributed by atoms with Crippen molar-refractivity contribution in [1.82, 2.24) is 39.4 Å². The first-order chi connectivity index (χ1) is 15.6. The highest BCUT2D eigenvalue weighted by atomic mass is 127. The monoisotopic (exact) mass is 571 g/mol. The van der Waals surface area contributed by atoms with Gasteiger partial charge in [-0.25, -0.2) is 9.98 Å². The van der Waals surface area contributed by atoms with Crippen LogP contribution in [0.2, 0.25) is 0 Å².